The maximum atomic E-state index is 13.9. The van der Waals surface area contributed by atoms with E-state index in [1.807, 2.05) is 13.8 Å². The molecule has 0 radical (unpaired) electrons. The van der Waals surface area contributed by atoms with Crippen molar-refractivity contribution in [2.45, 2.75) is 47.6 Å². The summed E-state index contributed by atoms with van der Waals surface area (Å²) in [6.07, 6.45) is 2.07. The second-order valence-electron chi connectivity index (χ2n) is 8.64. The smallest absolute Gasteiger partial charge is 0.257 e. The van der Waals surface area contributed by atoms with Gasteiger partial charge in [0.15, 0.2) is 5.65 Å². The number of amides is 1. The van der Waals surface area contributed by atoms with Crippen molar-refractivity contribution in [3.05, 3.63) is 98.2 Å². The highest BCUT2D eigenvalue weighted by Crippen LogP contribution is 2.25. The largest absolute Gasteiger partial charge is 0.348 e. The summed E-state index contributed by atoms with van der Waals surface area (Å²) in [6, 6.07) is 5.46. The van der Waals surface area contributed by atoms with Crippen molar-refractivity contribution in [3.8, 4) is 0 Å². The predicted octanol–water partition coefficient (Wildman–Crippen LogP) is 5.21. The Kier molecular flexibility index (Phi) is 6.17. The number of carbonyl (C=O) groups is 1. The van der Waals surface area contributed by atoms with Crippen LogP contribution >= 0.6 is 0 Å². The van der Waals surface area contributed by atoms with E-state index < -0.39 is 35.5 Å². The third-order valence-corrected chi connectivity index (χ3v) is 6.18. The van der Waals surface area contributed by atoms with Gasteiger partial charge in [0, 0.05) is 42.0 Å². The van der Waals surface area contributed by atoms with Gasteiger partial charge in [-0.15, -0.1) is 0 Å². The van der Waals surface area contributed by atoms with Gasteiger partial charge in [-0.05, 0) is 56.9 Å². The SMILES string of the molecule is Cc1cc(C)c(Cc2c(C)nc3c(C(=O)NCc4c(F)cc(F)cc4F)cnn3c2C)c(C)c1. The molecule has 0 saturated heterocycles. The first-order valence-corrected chi connectivity index (χ1v) is 10.9. The molecule has 176 valence electrons. The van der Waals surface area contributed by atoms with Crippen LogP contribution in [0.4, 0.5) is 13.2 Å². The summed E-state index contributed by atoms with van der Waals surface area (Å²) in [4.78, 5) is 17.4. The van der Waals surface area contributed by atoms with Crippen LogP contribution in [0.15, 0.2) is 30.5 Å². The first-order chi connectivity index (χ1) is 16.1. The minimum absolute atomic E-state index is 0.184. The summed E-state index contributed by atoms with van der Waals surface area (Å²) in [5.74, 6) is -3.72. The molecule has 5 nitrogen and oxygen atoms in total. The number of aryl methyl sites for hydroxylation is 5. The molecule has 0 saturated carbocycles. The maximum Gasteiger partial charge on any atom is 0.257 e. The van der Waals surface area contributed by atoms with Crippen LogP contribution in [-0.4, -0.2) is 20.5 Å². The zero-order valence-corrected chi connectivity index (χ0v) is 19.7. The molecule has 2 heterocycles. The summed E-state index contributed by atoms with van der Waals surface area (Å²) in [5.41, 5.74) is 7.62. The normalized spacial score (nSPS) is 11.3. The van der Waals surface area contributed by atoms with E-state index in [1.165, 1.54) is 28.5 Å². The molecule has 0 aliphatic rings. The Morgan fingerprint density at radius 2 is 1.53 bits per heavy atom. The fourth-order valence-electron chi connectivity index (χ4n) is 4.40. The predicted molar refractivity (Wildman–Crippen MR) is 123 cm³/mol. The van der Waals surface area contributed by atoms with Crippen LogP contribution in [-0.2, 0) is 13.0 Å². The van der Waals surface area contributed by atoms with Crippen LogP contribution in [0.5, 0.6) is 0 Å². The fraction of sp³-hybridized carbons (Fsp3) is 0.269. The van der Waals surface area contributed by atoms with Crippen molar-refractivity contribution in [2.24, 2.45) is 0 Å². The lowest BCUT2D eigenvalue weighted by Gasteiger charge is -2.16. The highest BCUT2D eigenvalue weighted by atomic mass is 19.1. The number of halogens is 3. The standard InChI is InChI=1S/C26H25F3N4O/c1-13-6-14(2)19(15(3)7-13)10-20-16(4)32-25-22(12-31-33(25)17(20)5)26(34)30-11-21-23(28)8-18(27)9-24(21)29/h6-9,12H,10-11H2,1-5H3,(H,30,34). The fourth-order valence-corrected chi connectivity index (χ4v) is 4.40. The molecule has 0 bridgehead atoms. The number of fused-ring (bicyclic) bond motifs is 1. The van der Waals surface area contributed by atoms with Gasteiger partial charge in [0.1, 0.15) is 23.0 Å². The van der Waals surface area contributed by atoms with E-state index >= 15 is 0 Å². The lowest BCUT2D eigenvalue weighted by molar-refractivity contribution is 0.0951. The Morgan fingerprint density at radius 3 is 2.15 bits per heavy atom. The third-order valence-electron chi connectivity index (χ3n) is 6.18. The number of aromatic nitrogens is 3. The quantitative estimate of drug-likeness (QED) is 0.439. The minimum atomic E-state index is -1.06. The van der Waals surface area contributed by atoms with Crippen molar-refractivity contribution in [3.63, 3.8) is 0 Å². The molecule has 34 heavy (non-hydrogen) atoms. The van der Waals surface area contributed by atoms with Crippen molar-refractivity contribution in [2.75, 3.05) is 0 Å². The van der Waals surface area contributed by atoms with Gasteiger partial charge in [0.05, 0.1) is 6.20 Å². The Bertz CT molecular complexity index is 1400. The first kappa shape index (κ1) is 23.5. The van der Waals surface area contributed by atoms with Gasteiger partial charge in [0.2, 0.25) is 0 Å². The summed E-state index contributed by atoms with van der Waals surface area (Å²) in [7, 11) is 0. The molecule has 0 fully saturated rings. The highest BCUT2D eigenvalue weighted by Gasteiger charge is 2.20. The maximum absolute atomic E-state index is 13.9. The van der Waals surface area contributed by atoms with E-state index in [0.29, 0.717) is 24.2 Å². The summed E-state index contributed by atoms with van der Waals surface area (Å²) in [6.45, 7) is 9.64. The van der Waals surface area contributed by atoms with Crippen LogP contribution in [0, 0.1) is 52.1 Å². The van der Waals surface area contributed by atoms with Crippen molar-refractivity contribution in [1.82, 2.24) is 19.9 Å². The number of benzene rings is 2. The lowest BCUT2D eigenvalue weighted by Crippen LogP contribution is -2.24. The molecule has 0 atom stereocenters. The highest BCUT2D eigenvalue weighted by molar-refractivity contribution is 5.99. The number of rotatable bonds is 5. The second-order valence-corrected chi connectivity index (χ2v) is 8.64. The lowest BCUT2D eigenvalue weighted by atomic mass is 9.93. The average Bonchev–Trinajstić information content (AvgIpc) is 3.15. The number of hydrogen-bond acceptors (Lipinski definition) is 3. The van der Waals surface area contributed by atoms with Gasteiger partial charge in [-0.2, -0.15) is 5.10 Å². The van der Waals surface area contributed by atoms with Gasteiger partial charge >= 0.3 is 0 Å². The average molecular weight is 467 g/mol. The van der Waals surface area contributed by atoms with Crippen molar-refractivity contribution in [1.29, 1.82) is 0 Å². The molecule has 0 aliphatic heterocycles. The van der Waals surface area contributed by atoms with Gasteiger partial charge in [-0.25, -0.2) is 22.7 Å². The Labute approximate surface area is 195 Å². The molecule has 2 aromatic carbocycles. The van der Waals surface area contributed by atoms with Crippen LogP contribution < -0.4 is 5.32 Å². The zero-order chi connectivity index (χ0) is 24.7. The molecule has 0 spiro atoms. The molecule has 2 aromatic heterocycles. The minimum Gasteiger partial charge on any atom is -0.348 e. The molecule has 0 aliphatic carbocycles. The molecule has 4 aromatic rings. The van der Waals surface area contributed by atoms with Gasteiger partial charge in [-0.1, -0.05) is 17.7 Å². The van der Waals surface area contributed by atoms with E-state index in [9.17, 15) is 18.0 Å². The van der Waals surface area contributed by atoms with E-state index in [4.69, 9.17) is 0 Å². The summed E-state index contributed by atoms with van der Waals surface area (Å²) < 4.78 is 42.5. The summed E-state index contributed by atoms with van der Waals surface area (Å²) in [5, 5.41) is 6.81. The number of carbonyl (C=O) groups excluding carboxylic acids is 1. The molecular weight excluding hydrogens is 441 g/mol. The Hall–Kier alpha value is -3.68. The molecule has 8 heteroatoms. The molecule has 1 amide bonds. The van der Waals surface area contributed by atoms with E-state index in [1.54, 1.807) is 4.52 Å². The van der Waals surface area contributed by atoms with Crippen LogP contribution in [0.2, 0.25) is 0 Å². The topological polar surface area (TPSA) is 59.3 Å². The second kappa shape index (κ2) is 8.93. The molecule has 0 unspecified atom stereocenters. The van der Waals surface area contributed by atoms with Gasteiger partial charge in [0.25, 0.3) is 5.91 Å². The monoisotopic (exact) mass is 466 g/mol. The Balaban J connectivity index is 1.64. The van der Waals surface area contributed by atoms with Crippen LogP contribution in [0.1, 0.15) is 55.1 Å². The molecule has 4 rings (SSSR count). The molecular formula is C26H25F3N4O. The number of hydrogen-bond donors (Lipinski definition) is 1. The van der Waals surface area contributed by atoms with E-state index in [0.717, 1.165) is 17.0 Å². The zero-order valence-electron chi connectivity index (χ0n) is 19.7. The van der Waals surface area contributed by atoms with Gasteiger partial charge < -0.3 is 5.32 Å². The number of nitrogens with one attached hydrogen (secondary N) is 1. The summed E-state index contributed by atoms with van der Waals surface area (Å²) >= 11 is 0. The third kappa shape index (κ3) is 4.27. The van der Waals surface area contributed by atoms with Crippen molar-refractivity contribution < 1.29 is 18.0 Å². The van der Waals surface area contributed by atoms with Crippen LogP contribution in [0.3, 0.4) is 0 Å². The Morgan fingerprint density at radius 1 is 0.912 bits per heavy atom. The van der Waals surface area contributed by atoms with Crippen molar-refractivity contribution >= 4 is 11.6 Å². The first-order valence-electron chi connectivity index (χ1n) is 10.9. The van der Waals surface area contributed by atoms with Crippen LogP contribution in [0.25, 0.3) is 5.65 Å². The van der Waals surface area contributed by atoms with Gasteiger partial charge in [-0.3, -0.25) is 4.79 Å². The van der Waals surface area contributed by atoms with E-state index in [-0.39, 0.29) is 5.56 Å². The van der Waals surface area contributed by atoms with E-state index in [2.05, 4.69) is 48.3 Å². The molecule has 1 N–H and O–H groups in total. The number of nitrogens with zero attached hydrogens (tertiary/aromatic N) is 3.